The predicted octanol–water partition coefficient (Wildman–Crippen LogP) is -3.07. The van der Waals surface area contributed by atoms with Crippen molar-refractivity contribution in [2.24, 2.45) is 11.5 Å². The van der Waals surface area contributed by atoms with E-state index >= 15 is 0 Å². The van der Waals surface area contributed by atoms with Crippen molar-refractivity contribution in [3.63, 3.8) is 0 Å². The summed E-state index contributed by atoms with van der Waals surface area (Å²) in [7, 11) is 0. The van der Waals surface area contributed by atoms with Gasteiger partial charge in [-0.1, -0.05) is 0 Å². The van der Waals surface area contributed by atoms with E-state index < -0.39 is 18.0 Å². The number of halogens is 3. The Morgan fingerprint density at radius 1 is 1.36 bits per heavy atom. The van der Waals surface area contributed by atoms with Crippen molar-refractivity contribution >= 4 is 11.9 Å². The van der Waals surface area contributed by atoms with Gasteiger partial charge in [0.2, 0.25) is 0 Å². The number of carbonyl (C=O) groups excluding carboxylic acids is 1. The first-order chi connectivity index (χ1) is 4.84. The van der Waals surface area contributed by atoms with Gasteiger partial charge in [-0.2, -0.15) is 18.3 Å². The number of nitrogens with two attached hydrogens (primary N) is 2. The first-order valence-electron chi connectivity index (χ1n) is 2.35. The molecule has 0 aromatic rings. The van der Waals surface area contributed by atoms with Gasteiger partial charge in [-0.3, -0.25) is 16.3 Å². The molecule has 0 radical (unpaired) electrons. The molecule has 64 valence electrons. The molecule has 0 aromatic carbocycles. The van der Waals surface area contributed by atoms with Crippen LogP contribution in [0.2, 0.25) is 0 Å². The minimum absolute atomic E-state index is 0.525. The molecule has 1 amide bonds. The summed E-state index contributed by atoms with van der Waals surface area (Å²) in [6.07, 6.45) is -4.94. The van der Waals surface area contributed by atoms with Crippen LogP contribution in [-0.2, 0) is 4.79 Å². The molecule has 0 unspecified atom stereocenters. The lowest BCUT2D eigenvalue weighted by Crippen LogP contribution is -2.88. The zero-order chi connectivity index (χ0) is 9.07. The molecule has 5 nitrogen and oxygen atoms in total. The van der Waals surface area contributed by atoms with Crippen LogP contribution in [0, 0.1) is 0 Å². The average molecular weight is 171 g/mol. The van der Waals surface area contributed by atoms with E-state index in [0.717, 1.165) is 0 Å². The Labute approximate surface area is 59.2 Å². The third kappa shape index (κ3) is 4.00. The molecule has 8 heteroatoms. The topological polar surface area (TPSA) is 95.1 Å². The van der Waals surface area contributed by atoms with Gasteiger partial charge in [0.15, 0.2) is 0 Å². The van der Waals surface area contributed by atoms with E-state index in [1.165, 1.54) is 5.43 Å². The zero-order valence-corrected chi connectivity index (χ0v) is 5.20. The van der Waals surface area contributed by atoms with Gasteiger partial charge < -0.3 is 0 Å². The summed E-state index contributed by atoms with van der Waals surface area (Å²) in [5.74, 6) is -2.69. The largest absolute Gasteiger partial charge is 0.474 e. The summed E-state index contributed by atoms with van der Waals surface area (Å²) in [5, 5.41) is 1.60. The summed E-state index contributed by atoms with van der Waals surface area (Å²) in [6, 6.07) is 0. The summed E-state index contributed by atoms with van der Waals surface area (Å²) in [4.78, 5) is 9.95. The number of hydrogen-bond donors (Lipinski definition) is 4. The van der Waals surface area contributed by atoms with Crippen molar-refractivity contribution in [2.75, 3.05) is 0 Å². The number of amides is 1. The van der Waals surface area contributed by atoms with E-state index in [1.54, 1.807) is 5.10 Å². The molecule has 0 saturated heterocycles. The van der Waals surface area contributed by atoms with Gasteiger partial charge in [0.05, 0.1) is 0 Å². The van der Waals surface area contributed by atoms with Crippen LogP contribution in [0.4, 0.5) is 13.2 Å². The van der Waals surface area contributed by atoms with E-state index in [2.05, 4.69) is 11.5 Å². The number of alkyl halides is 3. The lowest BCUT2D eigenvalue weighted by Gasteiger charge is -2.01. The quantitative estimate of drug-likeness (QED) is 0.191. The molecule has 0 aliphatic heterocycles. The normalized spacial score (nSPS) is 10.5. The lowest BCUT2D eigenvalue weighted by atomic mass is 10.6. The fourth-order valence-corrected chi connectivity index (χ4v) is 0.200. The predicted molar refractivity (Wildman–Crippen MR) is 28.5 cm³/mol. The molecular formula is C3H6F3N4O+. The van der Waals surface area contributed by atoms with E-state index in [9.17, 15) is 18.0 Å². The van der Waals surface area contributed by atoms with E-state index in [0.29, 0.717) is 0 Å². The highest BCUT2D eigenvalue weighted by atomic mass is 19.4. The van der Waals surface area contributed by atoms with Crippen molar-refractivity contribution in [1.82, 2.24) is 5.43 Å². The maximum Gasteiger partial charge on any atom is 0.474 e. The van der Waals surface area contributed by atoms with E-state index in [4.69, 9.17) is 0 Å². The van der Waals surface area contributed by atoms with Crippen molar-refractivity contribution in [1.29, 1.82) is 0 Å². The summed E-state index contributed by atoms with van der Waals surface area (Å²) in [5.41, 5.74) is 10.6. The number of rotatable bonds is 1. The van der Waals surface area contributed by atoms with Crippen LogP contribution < -0.4 is 22.0 Å². The van der Waals surface area contributed by atoms with Crippen LogP contribution in [0.3, 0.4) is 0 Å². The van der Waals surface area contributed by atoms with Crippen LogP contribution in [0.15, 0.2) is 0 Å². The van der Waals surface area contributed by atoms with Crippen molar-refractivity contribution in [2.45, 2.75) is 6.18 Å². The fraction of sp³-hybridized carbons (Fsp3) is 0.333. The second-order valence-electron chi connectivity index (χ2n) is 1.53. The standard InChI is InChI=1S/C3H5F3N4O/c4-3(5,6)1(11)9-10-2(7)8/h(H,9,11)(H4,7,8,10)/p+1. The van der Waals surface area contributed by atoms with Crippen molar-refractivity contribution < 1.29 is 23.1 Å². The molecule has 0 rings (SSSR count). The van der Waals surface area contributed by atoms with Crippen LogP contribution in [0.1, 0.15) is 0 Å². The third-order valence-corrected chi connectivity index (χ3v) is 0.578. The molecule has 0 heterocycles. The Morgan fingerprint density at radius 2 is 1.82 bits per heavy atom. The van der Waals surface area contributed by atoms with Crippen LogP contribution in [0.25, 0.3) is 0 Å². The molecule has 0 aromatic heterocycles. The summed E-state index contributed by atoms with van der Waals surface area (Å²) < 4.78 is 34.1. The highest BCUT2D eigenvalue weighted by molar-refractivity contribution is 5.80. The molecule has 0 bridgehead atoms. The third-order valence-electron chi connectivity index (χ3n) is 0.578. The second kappa shape index (κ2) is 3.08. The Kier molecular flexibility index (Phi) is 2.67. The SMILES string of the molecule is NC(N)=[NH+]NC(=O)C(F)(F)F. The van der Waals surface area contributed by atoms with E-state index in [1.807, 2.05) is 0 Å². The molecule has 0 atom stereocenters. The van der Waals surface area contributed by atoms with Crippen molar-refractivity contribution in [3.05, 3.63) is 0 Å². The first kappa shape index (κ1) is 9.53. The molecule has 11 heavy (non-hydrogen) atoms. The number of nitrogens with one attached hydrogen (secondary N) is 2. The number of guanidine groups is 1. The van der Waals surface area contributed by atoms with Gasteiger partial charge >= 0.3 is 18.0 Å². The smallest absolute Gasteiger partial charge is 0.289 e. The van der Waals surface area contributed by atoms with Crippen LogP contribution >= 0.6 is 0 Å². The second-order valence-corrected chi connectivity index (χ2v) is 1.53. The number of hydrazone groups is 1. The number of hydrazine groups is 1. The van der Waals surface area contributed by atoms with Gasteiger partial charge in [-0.25, -0.2) is 5.43 Å². The van der Waals surface area contributed by atoms with Gasteiger partial charge in [-0.15, -0.1) is 0 Å². The average Bonchev–Trinajstić information content (AvgIpc) is 1.80. The molecule has 6 N–H and O–H groups in total. The molecular weight excluding hydrogens is 165 g/mol. The van der Waals surface area contributed by atoms with Gasteiger partial charge in [0.1, 0.15) is 0 Å². The van der Waals surface area contributed by atoms with Crippen LogP contribution in [0.5, 0.6) is 0 Å². The maximum atomic E-state index is 11.4. The van der Waals surface area contributed by atoms with E-state index in [-0.39, 0.29) is 0 Å². The molecule has 0 aliphatic carbocycles. The van der Waals surface area contributed by atoms with Crippen molar-refractivity contribution in [3.8, 4) is 0 Å². The minimum atomic E-state index is -4.94. The van der Waals surface area contributed by atoms with Gasteiger partial charge in [0.25, 0.3) is 0 Å². The minimum Gasteiger partial charge on any atom is -0.289 e. The Bertz CT molecular complexity index is 182. The molecule has 0 saturated carbocycles. The Hall–Kier alpha value is -1.47. The summed E-state index contributed by atoms with van der Waals surface area (Å²) in [6.45, 7) is 0. The first-order valence-corrected chi connectivity index (χ1v) is 2.35. The highest BCUT2D eigenvalue weighted by Gasteiger charge is 2.39. The van der Waals surface area contributed by atoms with Gasteiger partial charge in [-0.05, 0) is 0 Å². The molecule has 0 aliphatic rings. The molecule has 0 spiro atoms. The number of hydrogen-bond acceptors (Lipinski definition) is 1. The summed E-state index contributed by atoms with van der Waals surface area (Å²) >= 11 is 0. The van der Waals surface area contributed by atoms with Gasteiger partial charge in [0, 0.05) is 0 Å². The fourth-order valence-electron chi connectivity index (χ4n) is 0.200. The highest BCUT2D eigenvalue weighted by Crippen LogP contribution is 2.12. The maximum absolute atomic E-state index is 11.4. The molecule has 0 fully saturated rings. The Balaban J connectivity index is 4.01. The Morgan fingerprint density at radius 3 is 2.09 bits per heavy atom. The number of carbonyl (C=O) groups is 1. The lowest BCUT2D eigenvalue weighted by molar-refractivity contribution is -0.516. The van der Waals surface area contributed by atoms with Crippen LogP contribution in [-0.4, -0.2) is 18.0 Å². The zero-order valence-electron chi connectivity index (χ0n) is 5.20. The monoisotopic (exact) mass is 171 g/mol.